The van der Waals surface area contributed by atoms with Gasteiger partial charge >= 0.3 is 12.1 Å². The Morgan fingerprint density at radius 2 is 1.79 bits per heavy atom. The van der Waals surface area contributed by atoms with Crippen LogP contribution in [0, 0.1) is 0 Å². The summed E-state index contributed by atoms with van der Waals surface area (Å²) < 4.78 is 11.2. The first kappa shape index (κ1) is 29.4. The molecule has 206 valence electrons. The van der Waals surface area contributed by atoms with Crippen LogP contribution in [0.4, 0.5) is 10.5 Å². The second-order valence-corrected chi connectivity index (χ2v) is 9.61. The zero-order chi connectivity index (χ0) is 26.2. The molecule has 10 heteroatoms. The van der Waals surface area contributed by atoms with Crippen molar-refractivity contribution in [3.8, 4) is 0 Å². The van der Waals surface area contributed by atoms with Crippen molar-refractivity contribution in [2.45, 2.75) is 51.4 Å². The van der Waals surface area contributed by atoms with E-state index in [1.807, 2.05) is 48.5 Å². The zero-order valence-electron chi connectivity index (χ0n) is 21.6. The van der Waals surface area contributed by atoms with Crippen molar-refractivity contribution in [1.82, 2.24) is 9.80 Å². The molecule has 2 N–H and O–H groups in total. The molecule has 2 aromatic carbocycles. The Morgan fingerprint density at radius 3 is 2.50 bits per heavy atom. The van der Waals surface area contributed by atoms with E-state index in [-0.39, 0.29) is 56.2 Å². The highest BCUT2D eigenvalue weighted by Gasteiger charge is 2.26. The molecule has 0 aliphatic carbocycles. The lowest BCUT2D eigenvalue weighted by atomic mass is 9.93. The molecule has 0 radical (unpaired) electrons. The van der Waals surface area contributed by atoms with E-state index in [0.717, 1.165) is 24.1 Å². The van der Waals surface area contributed by atoms with Gasteiger partial charge in [-0.3, -0.25) is 14.5 Å². The Morgan fingerprint density at radius 1 is 1.05 bits per heavy atom. The first-order chi connectivity index (χ1) is 17.9. The number of halogens is 1. The van der Waals surface area contributed by atoms with Crippen molar-refractivity contribution in [1.29, 1.82) is 0 Å². The number of nitrogens with one attached hydrogen (secondary N) is 1. The molecule has 38 heavy (non-hydrogen) atoms. The molecule has 0 aromatic heterocycles. The zero-order valence-corrected chi connectivity index (χ0v) is 22.5. The quantitative estimate of drug-likeness (QED) is 0.484. The topological polar surface area (TPSA) is 108 Å². The Labute approximate surface area is 229 Å². The summed E-state index contributed by atoms with van der Waals surface area (Å²) in [5, 5.41) is 11.9. The fourth-order valence-electron chi connectivity index (χ4n) is 4.89. The van der Waals surface area contributed by atoms with Crippen LogP contribution in [0.15, 0.2) is 48.5 Å². The molecule has 1 atom stereocenters. The number of carboxylic acid groups (broad SMARTS) is 1. The van der Waals surface area contributed by atoms with Gasteiger partial charge in [0.25, 0.3) is 0 Å². The monoisotopic (exact) mass is 545 g/mol. The van der Waals surface area contributed by atoms with Crippen molar-refractivity contribution in [2.24, 2.45) is 0 Å². The maximum Gasteiger partial charge on any atom is 0.410 e. The molecule has 0 spiro atoms. The molecule has 2 aromatic rings. The van der Waals surface area contributed by atoms with Gasteiger partial charge in [-0.05, 0) is 55.0 Å². The summed E-state index contributed by atoms with van der Waals surface area (Å²) >= 11 is 0. The number of nitrogens with zero attached hydrogens (tertiary/aromatic N) is 2. The van der Waals surface area contributed by atoms with Gasteiger partial charge in [0.15, 0.2) is 0 Å². The summed E-state index contributed by atoms with van der Waals surface area (Å²) in [6.45, 7) is 4.65. The van der Waals surface area contributed by atoms with Crippen molar-refractivity contribution >= 4 is 36.1 Å². The number of anilines is 1. The molecule has 2 aliphatic rings. The molecule has 1 saturated heterocycles. The van der Waals surface area contributed by atoms with Gasteiger partial charge in [-0.15, -0.1) is 12.4 Å². The van der Waals surface area contributed by atoms with Crippen LogP contribution in [0.5, 0.6) is 0 Å². The third-order valence-electron chi connectivity index (χ3n) is 7.06. The molecule has 1 unspecified atom stereocenters. The number of rotatable bonds is 9. The molecule has 0 bridgehead atoms. The predicted octanol–water partition coefficient (Wildman–Crippen LogP) is 4.26. The van der Waals surface area contributed by atoms with E-state index in [0.29, 0.717) is 38.2 Å². The number of carboxylic acids is 1. The summed E-state index contributed by atoms with van der Waals surface area (Å²) in [6.07, 6.45) is 1.85. The lowest BCUT2D eigenvalue weighted by Gasteiger charge is -2.35. The van der Waals surface area contributed by atoms with E-state index < -0.39 is 5.97 Å². The normalized spacial score (nSPS) is 17.7. The molecule has 2 amide bonds. The van der Waals surface area contributed by atoms with Gasteiger partial charge < -0.3 is 24.8 Å². The molecule has 4 rings (SSSR count). The largest absolute Gasteiger partial charge is 0.481 e. The maximum atomic E-state index is 12.5. The number of piperidine rings is 1. The molecular formula is C28H36ClN3O6. The van der Waals surface area contributed by atoms with Gasteiger partial charge in [-0.2, -0.15) is 0 Å². The summed E-state index contributed by atoms with van der Waals surface area (Å²) in [4.78, 5) is 39.7. The van der Waals surface area contributed by atoms with Gasteiger partial charge in [0.05, 0.1) is 12.5 Å². The third-order valence-corrected chi connectivity index (χ3v) is 7.06. The second kappa shape index (κ2) is 14.1. The average Bonchev–Trinajstić information content (AvgIpc) is 2.91. The highest BCUT2D eigenvalue weighted by Crippen LogP contribution is 2.31. The lowest BCUT2D eigenvalue weighted by Crippen LogP contribution is -2.41. The van der Waals surface area contributed by atoms with Gasteiger partial charge in [0, 0.05) is 37.9 Å². The number of carbonyl (C=O) groups excluding carboxylic acids is 2. The summed E-state index contributed by atoms with van der Waals surface area (Å²) in [5.74, 6) is -1.02. The first-order valence-electron chi connectivity index (χ1n) is 12.8. The van der Waals surface area contributed by atoms with Crippen molar-refractivity contribution in [3.63, 3.8) is 0 Å². The SMILES string of the molecule is CC1c2cc(NC(=O)COC3CCN(C(=O)OCc4ccccc4)CC3)ccc2CCN1CCC(=O)O.Cl. The molecule has 0 saturated carbocycles. The summed E-state index contributed by atoms with van der Waals surface area (Å²) in [7, 11) is 0. The van der Waals surface area contributed by atoms with Crippen LogP contribution in [0.3, 0.4) is 0 Å². The minimum atomic E-state index is -0.798. The predicted molar refractivity (Wildman–Crippen MR) is 145 cm³/mol. The smallest absolute Gasteiger partial charge is 0.410 e. The molecule has 2 aliphatic heterocycles. The standard InChI is InChI=1S/C28H35N3O6.ClH/c1-20-25-17-23(8-7-22(25)9-13-30(20)16-12-27(33)34)29-26(32)19-36-24-10-14-31(15-11-24)28(35)37-18-21-5-3-2-4-6-21;/h2-8,17,20,24H,9-16,18-19H2,1H3,(H,29,32)(H,33,34);1H. The van der Waals surface area contributed by atoms with Crippen molar-refractivity contribution in [3.05, 3.63) is 65.2 Å². The van der Waals surface area contributed by atoms with Crippen LogP contribution in [0.1, 0.15) is 48.9 Å². The van der Waals surface area contributed by atoms with E-state index in [9.17, 15) is 14.4 Å². The third kappa shape index (κ3) is 8.18. The summed E-state index contributed by atoms with van der Waals surface area (Å²) in [6, 6.07) is 15.6. The van der Waals surface area contributed by atoms with Crippen molar-refractivity contribution in [2.75, 3.05) is 38.1 Å². The minimum Gasteiger partial charge on any atom is -0.481 e. The van der Waals surface area contributed by atoms with Gasteiger partial charge in [-0.1, -0.05) is 36.4 Å². The van der Waals surface area contributed by atoms with Crippen LogP contribution < -0.4 is 5.32 Å². The fraction of sp³-hybridized carbons (Fsp3) is 0.464. The number of benzene rings is 2. The number of fused-ring (bicyclic) bond motifs is 1. The Hall–Kier alpha value is -3.14. The molecular weight excluding hydrogens is 510 g/mol. The van der Waals surface area contributed by atoms with Crippen LogP contribution in [0.25, 0.3) is 0 Å². The van der Waals surface area contributed by atoms with E-state index >= 15 is 0 Å². The van der Waals surface area contributed by atoms with E-state index in [1.54, 1.807) is 4.90 Å². The van der Waals surface area contributed by atoms with Crippen LogP contribution in [-0.2, 0) is 32.1 Å². The van der Waals surface area contributed by atoms with Gasteiger partial charge in [-0.25, -0.2) is 4.79 Å². The number of carbonyl (C=O) groups is 3. The highest BCUT2D eigenvalue weighted by molar-refractivity contribution is 5.91. The number of likely N-dealkylation sites (tertiary alicyclic amines) is 1. The lowest BCUT2D eigenvalue weighted by molar-refractivity contribution is -0.137. The molecule has 1 fully saturated rings. The van der Waals surface area contributed by atoms with Gasteiger partial charge in [0.1, 0.15) is 13.2 Å². The average molecular weight is 546 g/mol. The number of ether oxygens (including phenoxy) is 2. The van der Waals surface area contributed by atoms with Crippen molar-refractivity contribution < 1.29 is 29.0 Å². The number of hydrogen-bond donors (Lipinski definition) is 2. The Bertz CT molecular complexity index is 1090. The Balaban J connectivity index is 0.00000400. The van der Waals surface area contributed by atoms with Crippen LogP contribution >= 0.6 is 12.4 Å². The number of amides is 2. The molecule has 9 nitrogen and oxygen atoms in total. The number of hydrogen-bond acceptors (Lipinski definition) is 6. The number of aliphatic carboxylic acids is 1. The second-order valence-electron chi connectivity index (χ2n) is 9.61. The van der Waals surface area contributed by atoms with E-state index in [2.05, 4.69) is 17.1 Å². The van der Waals surface area contributed by atoms with Crippen LogP contribution in [-0.4, -0.2) is 71.8 Å². The minimum absolute atomic E-state index is 0. The van der Waals surface area contributed by atoms with Crippen LogP contribution in [0.2, 0.25) is 0 Å². The summed E-state index contributed by atoms with van der Waals surface area (Å²) in [5.41, 5.74) is 3.99. The van der Waals surface area contributed by atoms with Gasteiger partial charge in [0.2, 0.25) is 5.91 Å². The first-order valence-corrected chi connectivity index (χ1v) is 12.8. The maximum absolute atomic E-state index is 12.5. The Kier molecular flexibility index (Phi) is 10.9. The highest BCUT2D eigenvalue weighted by atomic mass is 35.5. The van der Waals surface area contributed by atoms with E-state index in [4.69, 9.17) is 14.6 Å². The molecule has 2 heterocycles. The fourth-order valence-corrected chi connectivity index (χ4v) is 4.89. The van der Waals surface area contributed by atoms with E-state index in [1.165, 1.54) is 5.56 Å².